The van der Waals surface area contributed by atoms with Crippen molar-refractivity contribution in [3.05, 3.63) is 28.8 Å². The van der Waals surface area contributed by atoms with Crippen molar-refractivity contribution in [2.45, 2.75) is 0 Å². The molecule has 0 heterocycles. The number of carbonyl (C=O) groups excluding carboxylic acids is 1. The van der Waals surface area contributed by atoms with Crippen LogP contribution in [0.5, 0.6) is 0 Å². The number of anilines is 1. The Bertz CT molecular complexity index is 407. The maximum Gasteiger partial charge on any atom is 0.255 e. The van der Waals surface area contributed by atoms with Gasteiger partial charge in [0.1, 0.15) is 0 Å². The van der Waals surface area contributed by atoms with Crippen molar-refractivity contribution in [2.24, 2.45) is 0 Å². The number of amides is 1. The van der Waals surface area contributed by atoms with E-state index in [0.29, 0.717) is 22.8 Å². The molecule has 0 aliphatic heterocycles. The second-order valence-corrected chi connectivity index (χ2v) is 4.70. The van der Waals surface area contributed by atoms with E-state index in [4.69, 9.17) is 17.3 Å². The molecule has 0 saturated carbocycles. The number of carbonyl (C=O) groups is 1. The van der Waals surface area contributed by atoms with Gasteiger partial charge in [-0.3, -0.25) is 4.79 Å². The largest absolute Gasteiger partial charge is 0.398 e. The van der Waals surface area contributed by atoms with Crippen LogP contribution in [0.15, 0.2) is 18.2 Å². The van der Waals surface area contributed by atoms with Crippen LogP contribution in [-0.2, 0) is 0 Å². The van der Waals surface area contributed by atoms with Gasteiger partial charge in [-0.2, -0.15) is 0 Å². The van der Waals surface area contributed by atoms with E-state index < -0.39 is 0 Å². The van der Waals surface area contributed by atoms with Crippen LogP contribution in [-0.4, -0.2) is 49.9 Å². The Morgan fingerprint density at radius 3 is 2.47 bits per heavy atom. The molecule has 0 saturated heterocycles. The highest BCUT2D eigenvalue weighted by Gasteiger charge is 2.14. The van der Waals surface area contributed by atoms with E-state index in [2.05, 4.69) is 0 Å². The molecule has 2 N–H and O–H groups in total. The number of benzene rings is 1. The summed E-state index contributed by atoms with van der Waals surface area (Å²) in [5.74, 6) is -0.0824. The fourth-order valence-corrected chi connectivity index (χ4v) is 1.57. The molecule has 1 amide bonds. The summed E-state index contributed by atoms with van der Waals surface area (Å²) in [5, 5.41) is 0.537. The third-order valence-electron chi connectivity index (χ3n) is 2.47. The monoisotopic (exact) mass is 255 g/mol. The molecule has 5 heteroatoms. The fourth-order valence-electron chi connectivity index (χ4n) is 1.39. The first-order chi connectivity index (χ1) is 7.91. The Balaban J connectivity index is 2.75. The summed E-state index contributed by atoms with van der Waals surface area (Å²) >= 11 is 5.79. The van der Waals surface area contributed by atoms with E-state index >= 15 is 0 Å². The molecule has 0 aliphatic carbocycles. The molecule has 1 rings (SSSR count). The SMILES string of the molecule is CN(C)CCN(C)C(=O)c1ccc(Cl)cc1N. The zero-order valence-corrected chi connectivity index (χ0v) is 11.2. The molecular weight excluding hydrogens is 238 g/mol. The molecule has 0 unspecified atom stereocenters. The van der Waals surface area contributed by atoms with Crippen LogP contribution < -0.4 is 5.73 Å². The molecule has 1 aromatic carbocycles. The predicted octanol–water partition coefficient (Wildman–Crippen LogP) is 1.56. The maximum absolute atomic E-state index is 12.1. The number of hydrogen-bond acceptors (Lipinski definition) is 3. The van der Waals surface area contributed by atoms with Gasteiger partial charge in [-0.15, -0.1) is 0 Å². The van der Waals surface area contributed by atoms with Crippen molar-refractivity contribution in [3.8, 4) is 0 Å². The number of halogens is 1. The van der Waals surface area contributed by atoms with Crippen LogP contribution in [0.1, 0.15) is 10.4 Å². The Kier molecular flexibility index (Phi) is 4.78. The van der Waals surface area contributed by atoms with Gasteiger partial charge in [0.2, 0.25) is 0 Å². The summed E-state index contributed by atoms with van der Waals surface area (Å²) in [6.45, 7) is 1.48. The molecule has 1 aromatic rings. The minimum absolute atomic E-state index is 0.0824. The quantitative estimate of drug-likeness (QED) is 0.831. The van der Waals surface area contributed by atoms with E-state index in [1.807, 2.05) is 19.0 Å². The summed E-state index contributed by atoms with van der Waals surface area (Å²) in [5.41, 5.74) is 6.69. The van der Waals surface area contributed by atoms with Gasteiger partial charge in [0.15, 0.2) is 0 Å². The lowest BCUT2D eigenvalue weighted by atomic mass is 10.1. The van der Waals surface area contributed by atoms with Gasteiger partial charge in [0.25, 0.3) is 5.91 Å². The van der Waals surface area contributed by atoms with Crippen LogP contribution in [0, 0.1) is 0 Å². The summed E-state index contributed by atoms with van der Waals surface area (Å²) < 4.78 is 0. The minimum Gasteiger partial charge on any atom is -0.398 e. The van der Waals surface area contributed by atoms with Gasteiger partial charge in [-0.1, -0.05) is 11.6 Å². The van der Waals surface area contributed by atoms with Crippen LogP contribution in [0.3, 0.4) is 0 Å². The van der Waals surface area contributed by atoms with Crippen molar-refractivity contribution >= 4 is 23.2 Å². The van der Waals surface area contributed by atoms with Gasteiger partial charge >= 0.3 is 0 Å². The normalized spacial score (nSPS) is 10.6. The number of hydrogen-bond donors (Lipinski definition) is 1. The van der Waals surface area contributed by atoms with E-state index in [1.54, 1.807) is 30.1 Å². The van der Waals surface area contributed by atoms with Crippen LogP contribution in [0.4, 0.5) is 5.69 Å². The first-order valence-corrected chi connectivity index (χ1v) is 5.75. The maximum atomic E-state index is 12.1. The smallest absolute Gasteiger partial charge is 0.255 e. The van der Waals surface area contributed by atoms with Crippen LogP contribution in [0.25, 0.3) is 0 Å². The van der Waals surface area contributed by atoms with Crippen LogP contribution >= 0.6 is 11.6 Å². The molecule has 94 valence electrons. The van der Waals surface area contributed by atoms with E-state index in [1.165, 1.54) is 0 Å². The number of rotatable bonds is 4. The lowest BCUT2D eigenvalue weighted by Crippen LogP contribution is -2.33. The summed E-state index contributed by atoms with van der Waals surface area (Å²) in [7, 11) is 5.70. The van der Waals surface area contributed by atoms with Gasteiger partial charge < -0.3 is 15.5 Å². The Morgan fingerprint density at radius 1 is 1.29 bits per heavy atom. The zero-order valence-electron chi connectivity index (χ0n) is 10.4. The average molecular weight is 256 g/mol. The van der Waals surface area contributed by atoms with Crippen molar-refractivity contribution in [2.75, 3.05) is 40.0 Å². The molecular formula is C12H18ClN3O. The van der Waals surface area contributed by atoms with Crippen molar-refractivity contribution in [1.29, 1.82) is 0 Å². The van der Waals surface area contributed by atoms with Gasteiger partial charge in [-0.25, -0.2) is 0 Å². The average Bonchev–Trinajstić information content (AvgIpc) is 2.25. The Hall–Kier alpha value is -1.26. The highest BCUT2D eigenvalue weighted by Crippen LogP contribution is 2.19. The van der Waals surface area contributed by atoms with Gasteiger partial charge in [0, 0.05) is 30.8 Å². The number of nitrogen functional groups attached to an aromatic ring is 1. The number of nitrogens with two attached hydrogens (primary N) is 1. The molecule has 0 atom stereocenters. The van der Waals surface area contributed by atoms with Crippen molar-refractivity contribution < 1.29 is 4.79 Å². The number of likely N-dealkylation sites (N-methyl/N-ethyl adjacent to an activating group) is 2. The predicted molar refractivity (Wildman–Crippen MR) is 71.4 cm³/mol. The lowest BCUT2D eigenvalue weighted by molar-refractivity contribution is 0.0787. The minimum atomic E-state index is -0.0824. The van der Waals surface area contributed by atoms with E-state index in [9.17, 15) is 4.79 Å². The van der Waals surface area contributed by atoms with E-state index in [0.717, 1.165) is 6.54 Å². The molecule has 0 aromatic heterocycles. The van der Waals surface area contributed by atoms with Crippen LogP contribution in [0.2, 0.25) is 5.02 Å². The van der Waals surface area contributed by atoms with Crippen molar-refractivity contribution in [1.82, 2.24) is 9.80 Å². The van der Waals surface area contributed by atoms with E-state index in [-0.39, 0.29) is 5.91 Å². The molecule has 0 radical (unpaired) electrons. The molecule has 0 bridgehead atoms. The molecule has 4 nitrogen and oxygen atoms in total. The summed E-state index contributed by atoms with van der Waals surface area (Å²) in [4.78, 5) is 15.7. The van der Waals surface area contributed by atoms with Crippen molar-refractivity contribution in [3.63, 3.8) is 0 Å². The highest BCUT2D eigenvalue weighted by molar-refractivity contribution is 6.31. The molecule has 0 fully saturated rings. The second-order valence-electron chi connectivity index (χ2n) is 4.26. The standard InChI is InChI=1S/C12H18ClN3O/c1-15(2)6-7-16(3)12(17)10-5-4-9(13)8-11(10)14/h4-5,8H,6-7,14H2,1-3H3. The molecule has 17 heavy (non-hydrogen) atoms. The van der Waals surface area contributed by atoms with Gasteiger partial charge in [0.05, 0.1) is 5.56 Å². The summed E-state index contributed by atoms with van der Waals surface area (Å²) in [6, 6.07) is 4.92. The zero-order chi connectivity index (χ0) is 13.0. The Labute approximate surface area is 107 Å². The number of nitrogens with zero attached hydrogens (tertiary/aromatic N) is 2. The molecule has 0 spiro atoms. The third kappa shape index (κ3) is 3.91. The topological polar surface area (TPSA) is 49.6 Å². The molecule has 0 aliphatic rings. The summed E-state index contributed by atoms with van der Waals surface area (Å²) in [6.07, 6.45) is 0. The third-order valence-corrected chi connectivity index (χ3v) is 2.71. The first kappa shape index (κ1) is 13.8. The lowest BCUT2D eigenvalue weighted by Gasteiger charge is -2.20. The fraction of sp³-hybridized carbons (Fsp3) is 0.417. The highest BCUT2D eigenvalue weighted by atomic mass is 35.5. The first-order valence-electron chi connectivity index (χ1n) is 5.37. The van der Waals surface area contributed by atoms with Gasteiger partial charge in [-0.05, 0) is 32.3 Å². The Morgan fingerprint density at radius 2 is 1.94 bits per heavy atom. The second kappa shape index (κ2) is 5.89.